The molecule has 9 nitrogen and oxygen atoms in total. The average Bonchev–Trinajstić information content (AvgIpc) is 3.63. The largest absolute Gasteiger partial charge is 0.352 e. The predicted molar refractivity (Wildman–Crippen MR) is 125 cm³/mol. The monoisotopic (exact) mass is 454 g/mol. The molecule has 0 radical (unpaired) electrons. The minimum absolute atomic E-state index is 0.0367. The van der Waals surface area contributed by atoms with E-state index in [4.69, 9.17) is 0 Å². The van der Waals surface area contributed by atoms with Gasteiger partial charge in [0, 0.05) is 19.0 Å². The molecule has 1 amide bonds. The van der Waals surface area contributed by atoms with Crippen LogP contribution in [0.4, 0.5) is 22.9 Å². The van der Waals surface area contributed by atoms with E-state index in [1.807, 2.05) is 25.1 Å². The van der Waals surface area contributed by atoms with Gasteiger partial charge in [-0.25, -0.2) is 18.4 Å². The number of carbonyl (C=O) groups excluding carboxylic acids is 1. The molecule has 3 aromatic rings. The average molecular weight is 455 g/mol. The third-order valence-electron chi connectivity index (χ3n) is 5.95. The number of imidazole rings is 1. The molecule has 2 aliphatic rings. The Morgan fingerprint density at radius 3 is 2.53 bits per heavy atom. The summed E-state index contributed by atoms with van der Waals surface area (Å²) in [6, 6.07) is 7.61. The summed E-state index contributed by atoms with van der Waals surface area (Å²) in [7, 11) is -1.91. The van der Waals surface area contributed by atoms with Crippen LogP contribution in [-0.4, -0.2) is 42.6 Å². The van der Waals surface area contributed by atoms with E-state index >= 15 is 0 Å². The van der Waals surface area contributed by atoms with Crippen molar-refractivity contribution >= 4 is 50.0 Å². The molecule has 2 saturated carbocycles. The lowest BCUT2D eigenvalue weighted by atomic mass is 10.1. The fourth-order valence-corrected chi connectivity index (χ4v) is 4.26. The zero-order valence-corrected chi connectivity index (χ0v) is 19.1. The molecular weight excluding hydrogens is 428 g/mol. The van der Waals surface area contributed by atoms with Crippen LogP contribution in [0.2, 0.25) is 0 Å². The number of hydrogen-bond donors (Lipinski definition) is 3. The highest BCUT2D eigenvalue weighted by atomic mass is 32.2. The second-order valence-electron chi connectivity index (χ2n) is 8.74. The van der Waals surface area contributed by atoms with Gasteiger partial charge in [-0.15, -0.1) is 0 Å². The predicted octanol–water partition coefficient (Wildman–Crippen LogP) is 3.63. The number of fused-ring (bicyclic) bond motifs is 1. The van der Waals surface area contributed by atoms with Crippen LogP contribution in [-0.2, 0) is 14.8 Å². The molecule has 2 aliphatic carbocycles. The van der Waals surface area contributed by atoms with Crippen molar-refractivity contribution in [2.75, 3.05) is 28.2 Å². The van der Waals surface area contributed by atoms with E-state index in [2.05, 4.69) is 25.6 Å². The van der Waals surface area contributed by atoms with Gasteiger partial charge in [0.1, 0.15) is 17.2 Å². The first-order valence-corrected chi connectivity index (χ1v) is 12.6. The number of anilines is 4. The van der Waals surface area contributed by atoms with Gasteiger partial charge >= 0.3 is 0 Å². The first kappa shape index (κ1) is 20.7. The third-order valence-corrected chi connectivity index (χ3v) is 7.14. The van der Waals surface area contributed by atoms with Gasteiger partial charge in [0.2, 0.25) is 15.9 Å². The van der Waals surface area contributed by atoms with Crippen molar-refractivity contribution in [2.24, 2.45) is 5.92 Å². The summed E-state index contributed by atoms with van der Waals surface area (Å²) in [5, 5.41) is 6.23. The van der Waals surface area contributed by atoms with Crippen molar-refractivity contribution < 1.29 is 13.2 Å². The Morgan fingerprint density at radius 1 is 1.12 bits per heavy atom. The fraction of sp³-hybridized carbons (Fsp3) is 0.409. The Balaban J connectivity index is 1.56. The van der Waals surface area contributed by atoms with E-state index in [0.717, 1.165) is 31.2 Å². The molecule has 1 aromatic carbocycles. The van der Waals surface area contributed by atoms with E-state index in [9.17, 15) is 13.2 Å². The van der Waals surface area contributed by atoms with E-state index in [1.165, 1.54) is 10.6 Å². The quantitative estimate of drug-likeness (QED) is 0.501. The molecule has 0 unspecified atom stereocenters. The molecule has 3 N–H and O–H groups in total. The minimum Gasteiger partial charge on any atom is -0.352 e. The van der Waals surface area contributed by atoms with E-state index in [1.54, 1.807) is 13.1 Å². The molecule has 2 heterocycles. The second kappa shape index (κ2) is 7.47. The highest BCUT2D eigenvalue weighted by molar-refractivity contribution is 7.92. The fourth-order valence-electron chi connectivity index (χ4n) is 3.75. The number of rotatable bonds is 7. The van der Waals surface area contributed by atoms with Gasteiger partial charge in [0.05, 0.1) is 23.3 Å². The molecule has 0 aliphatic heterocycles. The topological polar surface area (TPSA) is 120 Å². The molecule has 0 saturated heterocycles. The van der Waals surface area contributed by atoms with Gasteiger partial charge in [-0.1, -0.05) is 6.07 Å². The van der Waals surface area contributed by atoms with Gasteiger partial charge < -0.3 is 15.6 Å². The number of amides is 1. The summed E-state index contributed by atoms with van der Waals surface area (Å²) in [4.78, 5) is 24.4. The van der Waals surface area contributed by atoms with Crippen molar-refractivity contribution in [3.63, 3.8) is 0 Å². The van der Waals surface area contributed by atoms with Gasteiger partial charge in [0.25, 0.3) is 0 Å². The standard InChI is InChI=1S/C22H26N6O3S/c1-12-23-20-17(11-19(26-21(20)24-12)27-22(29)14-6-7-14)25-16-9-8-15(13-4-5-13)10-18(16)28(2)32(3,30)31/h8-11,13-14H,4-7H2,1-3H3,(H3,23,24,25,26,27,29). The lowest BCUT2D eigenvalue weighted by Gasteiger charge is -2.22. The van der Waals surface area contributed by atoms with Crippen LogP contribution in [0.1, 0.15) is 43.0 Å². The van der Waals surface area contributed by atoms with Crippen molar-refractivity contribution in [3.05, 3.63) is 35.7 Å². The molecule has 5 rings (SSSR count). The van der Waals surface area contributed by atoms with Crippen LogP contribution in [0.25, 0.3) is 11.2 Å². The summed E-state index contributed by atoms with van der Waals surface area (Å²) in [6.45, 7) is 1.83. The second-order valence-corrected chi connectivity index (χ2v) is 10.8. The van der Waals surface area contributed by atoms with Crippen LogP contribution in [0, 0.1) is 12.8 Å². The molecule has 2 fully saturated rings. The zero-order chi connectivity index (χ0) is 22.6. The number of H-pyrrole nitrogens is 1. The summed E-state index contributed by atoms with van der Waals surface area (Å²) in [5.41, 5.74) is 4.13. The first-order valence-electron chi connectivity index (χ1n) is 10.7. The summed E-state index contributed by atoms with van der Waals surface area (Å²) in [6.07, 6.45) is 5.23. The van der Waals surface area contributed by atoms with E-state index in [0.29, 0.717) is 45.8 Å². The number of nitrogens with one attached hydrogen (secondary N) is 3. The van der Waals surface area contributed by atoms with Crippen molar-refractivity contribution in [1.29, 1.82) is 0 Å². The lowest BCUT2D eigenvalue weighted by Crippen LogP contribution is -2.25. The number of nitrogens with zero attached hydrogens (tertiary/aromatic N) is 3. The van der Waals surface area contributed by atoms with Crippen LogP contribution < -0.4 is 14.9 Å². The van der Waals surface area contributed by atoms with E-state index in [-0.39, 0.29) is 11.8 Å². The number of aromatic nitrogens is 3. The maximum Gasteiger partial charge on any atom is 0.232 e. The Kier molecular flexibility index (Phi) is 4.85. The first-order chi connectivity index (χ1) is 15.2. The molecule has 0 atom stereocenters. The molecule has 10 heteroatoms. The van der Waals surface area contributed by atoms with Crippen molar-refractivity contribution in [3.8, 4) is 0 Å². The number of sulfonamides is 1. The van der Waals surface area contributed by atoms with Gasteiger partial charge in [-0.3, -0.25) is 9.10 Å². The number of carbonyl (C=O) groups is 1. The zero-order valence-electron chi connectivity index (χ0n) is 18.3. The molecular formula is C22H26N6O3S. The van der Waals surface area contributed by atoms with Gasteiger partial charge in [-0.2, -0.15) is 0 Å². The molecule has 32 heavy (non-hydrogen) atoms. The third kappa shape index (κ3) is 4.14. The Morgan fingerprint density at radius 2 is 1.88 bits per heavy atom. The smallest absolute Gasteiger partial charge is 0.232 e. The molecule has 0 bridgehead atoms. The van der Waals surface area contributed by atoms with Crippen LogP contribution >= 0.6 is 0 Å². The SMILES string of the molecule is Cc1nc2c(Nc3ccc(C4CC4)cc3N(C)S(C)(=O)=O)cc(NC(=O)C3CC3)nc2[nH]1. The van der Waals surface area contributed by atoms with Crippen molar-refractivity contribution in [1.82, 2.24) is 15.0 Å². The number of pyridine rings is 1. The summed E-state index contributed by atoms with van der Waals surface area (Å²) in [5.74, 6) is 1.62. The normalized spacial score (nSPS) is 16.2. The van der Waals surface area contributed by atoms with Crippen LogP contribution in [0.3, 0.4) is 0 Å². The number of aromatic amines is 1. The summed E-state index contributed by atoms with van der Waals surface area (Å²) < 4.78 is 25.9. The van der Waals surface area contributed by atoms with Gasteiger partial charge in [0.15, 0.2) is 5.65 Å². The minimum atomic E-state index is -3.46. The Hall–Kier alpha value is -3.14. The van der Waals surface area contributed by atoms with Crippen LogP contribution in [0.15, 0.2) is 24.3 Å². The molecule has 2 aromatic heterocycles. The Labute approximate surface area is 186 Å². The highest BCUT2D eigenvalue weighted by Gasteiger charge is 2.30. The van der Waals surface area contributed by atoms with Crippen LogP contribution in [0.5, 0.6) is 0 Å². The maximum absolute atomic E-state index is 12.3. The van der Waals surface area contributed by atoms with E-state index < -0.39 is 10.0 Å². The highest BCUT2D eigenvalue weighted by Crippen LogP contribution is 2.43. The lowest BCUT2D eigenvalue weighted by molar-refractivity contribution is -0.117. The maximum atomic E-state index is 12.3. The number of benzene rings is 1. The van der Waals surface area contributed by atoms with Gasteiger partial charge in [-0.05, 0) is 56.2 Å². The number of aryl methyl sites for hydroxylation is 1. The Bertz CT molecular complexity index is 1320. The van der Waals surface area contributed by atoms with Crippen molar-refractivity contribution in [2.45, 2.75) is 38.5 Å². The number of hydrogen-bond acceptors (Lipinski definition) is 6. The summed E-state index contributed by atoms with van der Waals surface area (Å²) >= 11 is 0. The molecule has 0 spiro atoms. The molecule has 168 valence electrons.